The number of guanidine groups is 1. The Bertz CT molecular complexity index is 801. The molecule has 1 aliphatic rings. The number of furan rings is 1. The fraction of sp³-hybridized carbons (Fsp3) is 0.542. The summed E-state index contributed by atoms with van der Waals surface area (Å²) >= 11 is 0. The lowest BCUT2D eigenvalue weighted by atomic mass is 10.0. The minimum Gasteiger partial charge on any atom is -0.493 e. The molecule has 0 bridgehead atoms. The summed E-state index contributed by atoms with van der Waals surface area (Å²) in [5, 5.41) is 6.92. The van der Waals surface area contributed by atoms with E-state index in [9.17, 15) is 0 Å². The lowest BCUT2D eigenvalue weighted by molar-refractivity contribution is 0.186. The van der Waals surface area contributed by atoms with Gasteiger partial charge in [-0.2, -0.15) is 0 Å². The summed E-state index contributed by atoms with van der Waals surface area (Å²) in [6.45, 7) is 6.26. The summed E-state index contributed by atoms with van der Waals surface area (Å²) in [7, 11) is 3.32. The van der Waals surface area contributed by atoms with E-state index in [-0.39, 0.29) is 0 Å². The molecule has 1 aromatic heterocycles. The first kappa shape index (κ1) is 23.0. The summed E-state index contributed by atoms with van der Waals surface area (Å²) in [6, 6.07) is 9.99. The Hall–Kier alpha value is -2.67. The van der Waals surface area contributed by atoms with Gasteiger partial charge < -0.3 is 29.3 Å². The third kappa shape index (κ3) is 7.51. The topological polar surface area (TPSA) is 77.2 Å². The van der Waals surface area contributed by atoms with Crippen LogP contribution in [0.4, 0.5) is 0 Å². The van der Waals surface area contributed by atoms with Crippen molar-refractivity contribution in [1.29, 1.82) is 0 Å². The first-order valence-corrected chi connectivity index (χ1v) is 11.0. The van der Waals surface area contributed by atoms with E-state index in [1.54, 1.807) is 20.5 Å². The Labute approximate surface area is 185 Å². The quantitative estimate of drug-likeness (QED) is 0.422. The van der Waals surface area contributed by atoms with Crippen molar-refractivity contribution in [2.75, 3.05) is 47.1 Å². The van der Waals surface area contributed by atoms with Gasteiger partial charge in [0.15, 0.2) is 17.5 Å². The Morgan fingerprint density at radius 3 is 2.77 bits per heavy atom. The van der Waals surface area contributed by atoms with Gasteiger partial charge in [-0.05, 0) is 48.6 Å². The average molecular weight is 430 g/mol. The van der Waals surface area contributed by atoms with Crippen LogP contribution < -0.4 is 20.1 Å². The molecule has 1 aliphatic heterocycles. The van der Waals surface area contributed by atoms with Crippen molar-refractivity contribution >= 4 is 5.96 Å². The van der Waals surface area contributed by atoms with E-state index >= 15 is 0 Å². The molecule has 1 fully saturated rings. The Kier molecular flexibility index (Phi) is 9.09. The van der Waals surface area contributed by atoms with Gasteiger partial charge in [-0.3, -0.25) is 4.99 Å². The molecule has 2 atom stereocenters. The first-order valence-electron chi connectivity index (χ1n) is 11.0. The summed E-state index contributed by atoms with van der Waals surface area (Å²) in [4.78, 5) is 4.84. The first-order chi connectivity index (χ1) is 15.2. The normalized spacial score (nSPS) is 17.4. The van der Waals surface area contributed by atoms with Crippen LogP contribution in [0.3, 0.4) is 0 Å². The van der Waals surface area contributed by atoms with Gasteiger partial charge in [0.05, 0.1) is 27.1 Å². The third-order valence-electron chi connectivity index (χ3n) is 5.42. The van der Waals surface area contributed by atoms with Gasteiger partial charge in [0, 0.05) is 38.6 Å². The summed E-state index contributed by atoms with van der Waals surface area (Å²) < 4.78 is 21.7. The third-order valence-corrected chi connectivity index (χ3v) is 5.42. The minimum absolute atomic E-state index is 0.386. The van der Waals surface area contributed by atoms with Gasteiger partial charge in [-0.25, -0.2) is 0 Å². The van der Waals surface area contributed by atoms with Crippen molar-refractivity contribution in [2.24, 2.45) is 16.8 Å². The van der Waals surface area contributed by atoms with Crippen molar-refractivity contribution in [3.63, 3.8) is 0 Å². The highest BCUT2D eigenvalue weighted by Gasteiger charge is 2.16. The maximum absolute atomic E-state index is 5.49. The van der Waals surface area contributed by atoms with E-state index in [2.05, 4.69) is 23.6 Å². The molecule has 2 aromatic rings. The van der Waals surface area contributed by atoms with Crippen molar-refractivity contribution in [3.8, 4) is 11.5 Å². The number of rotatable bonds is 11. The standard InChI is InChI=1S/C24H35N3O4/c1-18(13-19-6-7-22(28-2)23(14-19)29-3)15-26-24(27-16-20-9-12-30-17-20)25-10-8-21-5-4-11-31-21/h4-7,11,14,18,20H,8-10,12-13,15-17H2,1-3H3,(H2,25,26,27). The summed E-state index contributed by atoms with van der Waals surface area (Å²) in [5.74, 6) is 4.25. The van der Waals surface area contributed by atoms with Gasteiger partial charge >= 0.3 is 0 Å². The van der Waals surface area contributed by atoms with Gasteiger partial charge in [-0.1, -0.05) is 13.0 Å². The number of nitrogens with one attached hydrogen (secondary N) is 2. The molecule has 2 unspecified atom stereocenters. The van der Waals surface area contributed by atoms with Crippen LogP contribution >= 0.6 is 0 Å². The van der Waals surface area contributed by atoms with Gasteiger partial charge in [0.1, 0.15) is 5.76 Å². The molecule has 0 radical (unpaired) electrons. The van der Waals surface area contributed by atoms with Gasteiger partial charge in [-0.15, -0.1) is 0 Å². The van der Waals surface area contributed by atoms with E-state index in [1.165, 1.54) is 5.56 Å². The van der Waals surface area contributed by atoms with Crippen LogP contribution in [0.2, 0.25) is 0 Å². The zero-order valence-corrected chi connectivity index (χ0v) is 18.9. The largest absolute Gasteiger partial charge is 0.493 e. The molecule has 2 N–H and O–H groups in total. The number of hydrogen-bond donors (Lipinski definition) is 2. The molecule has 1 saturated heterocycles. The second-order valence-electron chi connectivity index (χ2n) is 8.05. The molecular weight excluding hydrogens is 394 g/mol. The Balaban J connectivity index is 1.54. The highest BCUT2D eigenvalue weighted by molar-refractivity contribution is 5.79. The van der Waals surface area contributed by atoms with Crippen LogP contribution in [0.15, 0.2) is 46.0 Å². The van der Waals surface area contributed by atoms with E-state index in [4.69, 9.17) is 23.6 Å². The smallest absolute Gasteiger partial charge is 0.191 e. The fourth-order valence-corrected chi connectivity index (χ4v) is 3.64. The van der Waals surface area contributed by atoms with Gasteiger partial charge in [0.2, 0.25) is 0 Å². The molecule has 170 valence electrons. The number of aliphatic imine (C=N–C) groups is 1. The Morgan fingerprint density at radius 2 is 2.06 bits per heavy atom. The maximum Gasteiger partial charge on any atom is 0.191 e. The van der Waals surface area contributed by atoms with Crippen LogP contribution in [0.25, 0.3) is 0 Å². The highest BCUT2D eigenvalue weighted by atomic mass is 16.5. The van der Waals surface area contributed by atoms with Crippen molar-refractivity contribution in [3.05, 3.63) is 47.9 Å². The molecule has 0 amide bonds. The zero-order chi connectivity index (χ0) is 21.9. The van der Waals surface area contributed by atoms with E-state index < -0.39 is 0 Å². The molecular formula is C24H35N3O4. The van der Waals surface area contributed by atoms with Crippen molar-refractivity contribution < 1.29 is 18.6 Å². The zero-order valence-electron chi connectivity index (χ0n) is 18.9. The average Bonchev–Trinajstić information content (AvgIpc) is 3.49. The predicted octanol–water partition coefficient (Wildman–Crippen LogP) is 3.29. The van der Waals surface area contributed by atoms with E-state index in [0.29, 0.717) is 11.8 Å². The minimum atomic E-state index is 0.386. The number of ether oxygens (including phenoxy) is 3. The number of benzene rings is 1. The predicted molar refractivity (Wildman–Crippen MR) is 122 cm³/mol. The van der Waals surface area contributed by atoms with E-state index in [0.717, 1.165) is 75.3 Å². The van der Waals surface area contributed by atoms with Crippen molar-refractivity contribution in [1.82, 2.24) is 10.6 Å². The second kappa shape index (κ2) is 12.2. The molecule has 7 heteroatoms. The molecule has 0 spiro atoms. The lowest BCUT2D eigenvalue weighted by Crippen LogP contribution is -2.41. The number of methoxy groups -OCH3 is 2. The van der Waals surface area contributed by atoms with Crippen molar-refractivity contribution in [2.45, 2.75) is 26.2 Å². The maximum atomic E-state index is 5.49. The Morgan fingerprint density at radius 1 is 1.19 bits per heavy atom. The van der Waals surface area contributed by atoms with Crippen LogP contribution in [0.5, 0.6) is 11.5 Å². The van der Waals surface area contributed by atoms with Crippen LogP contribution in [-0.2, 0) is 17.6 Å². The molecule has 3 rings (SSSR count). The van der Waals surface area contributed by atoms with Crippen LogP contribution in [0.1, 0.15) is 24.7 Å². The monoisotopic (exact) mass is 429 g/mol. The van der Waals surface area contributed by atoms with E-state index in [1.807, 2.05) is 24.3 Å². The number of hydrogen-bond acceptors (Lipinski definition) is 5. The molecule has 0 aliphatic carbocycles. The molecule has 0 saturated carbocycles. The number of nitrogens with zero attached hydrogens (tertiary/aromatic N) is 1. The van der Waals surface area contributed by atoms with Gasteiger partial charge in [0.25, 0.3) is 0 Å². The molecule has 1 aromatic carbocycles. The fourth-order valence-electron chi connectivity index (χ4n) is 3.64. The molecule has 31 heavy (non-hydrogen) atoms. The summed E-state index contributed by atoms with van der Waals surface area (Å²) in [5.41, 5.74) is 1.21. The second-order valence-corrected chi connectivity index (χ2v) is 8.05. The highest BCUT2D eigenvalue weighted by Crippen LogP contribution is 2.28. The lowest BCUT2D eigenvalue weighted by Gasteiger charge is -2.16. The summed E-state index contributed by atoms with van der Waals surface area (Å²) in [6.07, 6.45) is 4.54. The SMILES string of the molecule is COc1ccc(CC(C)CN=C(NCCc2ccco2)NCC2CCOC2)cc1OC. The van der Waals surface area contributed by atoms with Crippen LogP contribution in [-0.4, -0.2) is 53.0 Å². The molecule has 2 heterocycles. The van der Waals surface area contributed by atoms with Crippen LogP contribution in [0, 0.1) is 11.8 Å². The molecule has 7 nitrogen and oxygen atoms in total.